The standard InChI is InChI=1S/C20H38O8S/c1-13(11-26-17(21)19(3,4)5)16(25-9)14(2)15(28-29(10,23)24)12-27-18(22)20(6,7)8/h13-16H,11-12H2,1-10H3/t13-,14-,15-,16-/m0/s1. The molecule has 0 amide bonds. The molecule has 0 fully saturated rings. The fourth-order valence-corrected chi connectivity index (χ4v) is 3.24. The summed E-state index contributed by atoms with van der Waals surface area (Å²) < 4.78 is 44.8. The largest absolute Gasteiger partial charge is 0.465 e. The lowest BCUT2D eigenvalue weighted by molar-refractivity contribution is -0.160. The van der Waals surface area contributed by atoms with Crippen molar-refractivity contribution in [1.82, 2.24) is 0 Å². The molecule has 0 saturated heterocycles. The fraction of sp³-hybridized carbons (Fsp3) is 0.900. The molecule has 0 aliphatic rings. The van der Waals surface area contributed by atoms with Crippen molar-refractivity contribution in [1.29, 1.82) is 0 Å². The molecule has 0 heterocycles. The van der Waals surface area contributed by atoms with Gasteiger partial charge >= 0.3 is 11.9 Å². The molecule has 0 radical (unpaired) electrons. The maximum atomic E-state index is 12.1. The van der Waals surface area contributed by atoms with E-state index in [9.17, 15) is 18.0 Å². The van der Waals surface area contributed by atoms with Crippen LogP contribution in [0.2, 0.25) is 0 Å². The number of esters is 2. The van der Waals surface area contributed by atoms with Crippen LogP contribution in [-0.4, -0.2) is 59.1 Å². The van der Waals surface area contributed by atoms with Gasteiger partial charge in [0, 0.05) is 18.9 Å². The second-order valence-corrected chi connectivity index (χ2v) is 11.2. The Bertz CT molecular complexity index is 642. The zero-order chi connectivity index (χ0) is 23.2. The van der Waals surface area contributed by atoms with E-state index >= 15 is 0 Å². The Morgan fingerprint density at radius 3 is 1.62 bits per heavy atom. The van der Waals surface area contributed by atoms with Gasteiger partial charge in [-0.25, -0.2) is 0 Å². The maximum absolute atomic E-state index is 12.1. The van der Waals surface area contributed by atoms with E-state index in [4.69, 9.17) is 18.4 Å². The number of hydrogen-bond acceptors (Lipinski definition) is 8. The van der Waals surface area contributed by atoms with E-state index in [-0.39, 0.29) is 25.1 Å². The summed E-state index contributed by atoms with van der Waals surface area (Å²) >= 11 is 0. The van der Waals surface area contributed by atoms with Gasteiger partial charge in [0.2, 0.25) is 0 Å². The lowest BCUT2D eigenvalue weighted by Crippen LogP contribution is -2.43. The minimum absolute atomic E-state index is 0.103. The Morgan fingerprint density at radius 1 is 0.862 bits per heavy atom. The molecule has 0 aromatic carbocycles. The first-order chi connectivity index (χ1) is 12.9. The smallest absolute Gasteiger partial charge is 0.311 e. The third kappa shape index (κ3) is 10.4. The van der Waals surface area contributed by atoms with Crippen LogP contribution in [0.4, 0.5) is 0 Å². The summed E-state index contributed by atoms with van der Waals surface area (Å²) in [5.74, 6) is -1.51. The second kappa shape index (κ2) is 10.7. The van der Waals surface area contributed by atoms with Gasteiger partial charge < -0.3 is 14.2 Å². The lowest BCUT2D eigenvalue weighted by atomic mass is 9.89. The van der Waals surface area contributed by atoms with Crippen LogP contribution < -0.4 is 0 Å². The molecular formula is C20H38O8S. The predicted octanol–water partition coefficient (Wildman–Crippen LogP) is 2.80. The van der Waals surface area contributed by atoms with Gasteiger partial charge in [-0.2, -0.15) is 8.42 Å². The van der Waals surface area contributed by atoms with Crippen molar-refractivity contribution in [3.63, 3.8) is 0 Å². The van der Waals surface area contributed by atoms with Crippen LogP contribution in [0.25, 0.3) is 0 Å². The van der Waals surface area contributed by atoms with Gasteiger partial charge in [-0.15, -0.1) is 0 Å². The van der Waals surface area contributed by atoms with E-state index in [0.717, 1.165) is 6.26 Å². The summed E-state index contributed by atoms with van der Waals surface area (Å²) in [4.78, 5) is 24.1. The minimum atomic E-state index is -3.80. The molecule has 0 saturated carbocycles. The van der Waals surface area contributed by atoms with Gasteiger partial charge in [-0.1, -0.05) is 13.8 Å². The SMILES string of the molecule is CO[C@H]([C@@H](C)[C@H](COC(=O)C(C)(C)C)OS(C)(=O)=O)[C@@H](C)COC(=O)C(C)(C)C. The van der Waals surface area contributed by atoms with Crippen LogP contribution >= 0.6 is 0 Å². The number of carbonyl (C=O) groups is 2. The van der Waals surface area contributed by atoms with E-state index in [1.807, 2.05) is 6.92 Å². The Morgan fingerprint density at radius 2 is 1.28 bits per heavy atom. The second-order valence-electron chi connectivity index (χ2n) is 9.57. The zero-order valence-corrected chi connectivity index (χ0v) is 20.2. The fourth-order valence-electron chi connectivity index (χ4n) is 2.56. The molecule has 4 atom stereocenters. The van der Waals surface area contributed by atoms with E-state index < -0.39 is 45.0 Å². The van der Waals surface area contributed by atoms with Crippen LogP contribution in [-0.2, 0) is 38.1 Å². The van der Waals surface area contributed by atoms with E-state index in [1.165, 1.54) is 7.11 Å². The molecule has 0 aliphatic carbocycles. The van der Waals surface area contributed by atoms with Crippen molar-refractivity contribution in [3.8, 4) is 0 Å². The quantitative estimate of drug-likeness (QED) is 0.379. The highest BCUT2D eigenvalue weighted by molar-refractivity contribution is 7.86. The molecule has 0 N–H and O–H groups in total. The normalized spacial score (nSPS) is 17.2. The molecule has 0 unspecified atom stereocenters. The topological polar surface area (TPSA) is 105 Å². The van der Waals surface area contributed by atoms with Gasteiger partial charge in [0.05, 0.1) is 29.8 Å². The van der Waals surface area contributed by atoms with Crippen molar-refractivity contribution in [3.05, 3.63) is 0 Å². The molecule has 0 aromatic heterocycles. The van der Waals surface area contributed by atoms with E-state index in [0.29, 0.717) is 0 Å². The first-order valence-electron chi connectivity index (χ1n) is 9.65. The number of methoxy groups -OCH3 is 1. The number of hydrogen-bond donors (Lipinski definition) is 0. The van der Waals surface area contributed by atoms with Crippen molar-refractivity contribution in [2.75, 3.05) is 26.6 Å². The molecule has 0 spiro atoms. The third-order valence-electron chi connectivity index (χ3n) is 4.32. The first kappa shape index (κ1) is 27.8. The number of carbonyl (C=O) groups excluding carboxylic acids is 2. The van der Waals surface area contributed by atoms with Gasteiger partial charge in [0.1, 0.15) is 12.7 Å². The first-order valence-corrected chi connectivity index (χ1v) is 11.5. The lowest BCUT2D eigenvalue weighted by Gasteiger charge is -2.33. The van der Waals surface area contributed by atoms with Crippen molar-refractivity contribution in [2.24, 2.45) is 22.7 Å². The minimum Gasteiger partial charge on any atom is -0.465 e. The molecule has 8 nitrogen and oxygen atoms in total. The van der Waals surface area contributed by atoms with Gasteiger partial charge in [0.25, 0.3) is 10.1 Å². The molecule has 172 valence electrons. The Labute approximate surface area is 175 Å². The van der Waals surface area contributed by atoms with Gasteiger partial charge in [-0.3, -0.25) is 13.8 Å². The molecule has 0 aliphatic heterocycles. The third-order valence-corrected chi connectivity index (χ3v) is 4.91. The predicted molar refractivity (Wildman–Crippen MR) is 110 cm³/mol. The molecule has 29 heavy (non-hydrogen) atoms. The summed E-state index contributed by atoms with van der Waals surface area (Å²) in [7, 11) is -2.31. The van der Waals surface area contributed by atoms with Crippen LogP contribution in [0.15, 0.2) is 0 Å². The van der Waals surface area contributed by atoms with Crippen molar-refractivity contribution < 1.29 is 36.4 Å². The highest BCUT2D eigenvalue weighted by Gasteiger charge is 2.35. The van der Waals surface area contributed by atoms with E-state index in [1.54, 1.807) is 48.5 Å². The Kier molecular flexibility index (Phi) is 10.3. The molecule has 0 bridgehead atoms. The molecular weight excluding hydrogens is 400 g/mol. The van der Waals surface area contributed by atoms with Crippen LogP contribution in [0.3, 0.4) is 0 Å². The van der Waals surface area contributed by atoms with Crippen LogP contribution in [0.1, 0.15) is 55.4 Å². The summed E-state index contributed by atoms with van der Waals surface area (Å²) in [5.41, 5.74) is -1.36. The van der Waals surface area contributed by atoms with Crippen molar-refractivity contribution >= 4 is 22.1 Å². The number of ether oxygens (including phenoxy) is 3. The Balaban J connectivity index is 5.30. The van der Waals surface area contributed by atoms with Crippen LogP contribution in [0.5, 0.6) is 0 Å². The van der Waals surface area contributed by atoms with E-state index in [2.05, 4.69) is 0 Å². The molecule has 9 heteroatoms. The average Bonchev–Trinajstić information content (AvgIpc) is 2.53. The van der Waals surface area contributed by atoms with Gasteiger partial charge in [-0.05, 0) is 41.5 Å². The summed E-state index contributed by atoms with van der Waals surface area (Å²) in [6.07, 6.45) is -0.501. The van der Waals surface area contributed by atoms with Crippen molar-refractivity contribution in [2.45, 2.75) is 67.6 Å². The maximum Gasteiger partial charge on any atom is 0.311 e. The monoisotopic (exact) mass is 438 g/mol. The zero-order valence-electron chi connectivity index (χ0n) is 19.4. The summed E-state index contributed by atoms with van der Waals surface area (Å²) in [6.45, 7) is 13.8. The highest BCUT2D eigenvalue weighted by atomic mass is 32.2. The highest BCUT2D eigenvalue weighted by Crippen LogP contribution is 2.25. The molecule has 0 rings (SSSR count). The summed E-state index contributed by atoms with van der Waals surface area (Å²) in [5, 5.41) is 0. The molecule has 0 aromatic rings. The Hall–Kier alpha value is -1.19. The van der Waals surface area contributed by atoms with Gasteiger partial charge in [0.15, 0.2) is 0 Å². The summed E-state index contributed by atoms with van der Waals surface area (Å²) in [6, 6.07) is 0. The average molecular weight is 439 g/mol. The van der Waals surface area contributed by atoms with Crippen LogP contribution in [0, 0.1) is 22.7 Å². The number of rotatable bonds is 10.